The van der Waals surface area contributed by atoms with Crippen molar-refractivity contribution in [3.8, 4) is 0 Å². The number of methoxy groups -OCH3 is 2. The number of carbonyl (C=O) groups is 5. The van der Waals surface area contributed by atoms with E-state index in [0.29, 0.717) is 107 Å². The lowest BCUT2D eigenvalue weighted by Gasteiger charge is -2.49. The van der Waals surface area contributed by atoms with Crippen molar-refractivity contribution < 1.29 is 91.0 Å². The monoisotopic (exact) mass is 1870 g/mol. The van der Waals surface area contributed by atoms with Crippen LogP contribution >= 0.6 is 0 Å². The topological polar surface area (TPSA) is 385 Å². The summed E-state index contributed by atoms with van der Waals surface area (Å²) in [6, 6.07) is 41.0. The number of amides is 2. The fourth-order valence-electron chi connectivity index (χ4n) is 20.4. The zero-order chi connectivity index (χ0) is 98.1. The molecule has 4 aromatic carbocycles. The van der Waals surface area contributed by atoms with Crippen LogP contribution in [0.5, 0.6) is 0 Å². The highest BCUT2D eigenvalue weighted by Crippen LogP contribution is 2.47. The van der Waals surface area contributed by atoms with Crippen LogP contribution in [0.4, 0.5) is 9.59 Å². The van der Waals surface area contributed by atoms with Crippen molar-refractivity contribution >= 4 is 30.4 Å². The van der Waals surface area contributed by atoms with E-state index in [4.69, 9.17) is 73.6 Å². The van der Waals surface area contributed by atoms with Crippen molar-refractivity contribution in [3.05, 3.63) is 187 Å². The van der Waals surface area contributed by atoms with Crippen LogP contribution in [-0.2, 0) is 97.4 Å². The SMILES string of the molecule is C.CC[C@@H](O)[C@@]1(C)OC(=O)N(CCCCN=[N+]=[N-])[C@@H]1[C@@H](C)N.CC[C@@H](O)[C@@]1(C)OC(=O)N(CCCCN=[N+]=[N-])[C@@H]1[C@@H](C)NC[C@H](C)C[C@@](C)(OC)[C@H](O[C@@H]1O[C@H](C)CC(N(Cc2ccccc2)Cc2ccccc2)C1C)[C@@H](C)C1=C(C)C(=O)OC(C)(C)O1.CO[C@](C)(C[C@@H](C)C=O)[C@H](O[C@@H]1O[C@H](C)CC(N(Cc2ccccc2)Cc2ccccc2)C1C)[C@@H](C)C1=C(C)C(=O)OC(C)(C)O1. The number of esters is 2. The maximum absolute atomic E-state index is 13.4. The van der Waals surface area contributed by atoms with Crippen molar-refractivity contribution in [1.82, 2.24) is 24.9 Å². The first kappa shape index (κ1) is 112. The lowest BCUT2D eigenvalue weighted by molar-refractivity contribution is -0.287. The third-order valence-corrected chi connectivity index (χ3v) is 27.4. The number of carbonyl (C=O) groups excluding carboxylic acids is 5. The van der Waals surface area contributed by atoms with Gasteiger partial charge >= 0.3 is 24.1 Å². The molecule has 6 aliphatic heterocycles. The molecule has 0 aromatic heterocycles. The summed E-state index contributed by atoms with van der Waals surface area (Å²) < 4.78 is 75.8. The molecule has 0 aliphatic carbocycles. The van der Waals surface area contributed by atoms with E-state index in [-0.39, 0.29) is 73.5 Å². The second kappa shape index (κ2) is 51.1. The normalized spacial score (nSPS) is 27.0. The van der Waals surface area contributed by atoms with Gasteiger partial charge in [0.2, 0.25) is 11.6 Å². The Morgan fingerprint density at radius 1 is 0.552 bits per heavy atom. The zero-order valence-electron chi connectivity index (χ0n) is 83.5. The summed E-state index contributed by atoms with van der Waals surface area (Å²) in [6.45, 7) is 47.3. The molecule has 134 heavy (non-hydrogen) atoms. The first-order valence-corrected chi connectivity index (χ1v) is 47.8. The van der Waals surface area contributed by atoms with Gasteiger partial charge in [0, 0.05) is 158 Å². The van der Waals surface area contributed by atoms with Crippen molar-refractivity contribution in [1.29, 1.82) is 0 Å². The molecule has 31 nitrogen and oxygen atoms in total. The number of cyclic esters (lactones) is 4. The number of aldehydes is 1. The van der Waals surface area contributed by atoms with E-state index in [1.807, 2.05) is 72.7 Å². The molecule has 2 amide bonds. The maximum atomic E-state index is 13.4. The number of ether oxygens (including phenoxy) is 12. The number of aliphatic hydroxyl groups excluding tert-OH is 2. The lowest BCUT2D eigenvalue weighted by Crippen LogP contribution is -2.60. The Labute approximate surface area is 797 Å². The van der Waals surface area contributed by atoms with Gasteiger partial charge in [-0.1, -0.05) is 194 Å². The van der Waals surface area contributed by atoms with E-state index < -0.39 is 113 Å². The zero-order valence-corrected chi connectivity index (χ0v) is 83.5. The van der Waals surface area contributed by atoms with E-state index >= 15 is 0 Å². The summed E-state index contributed by atoms with van der Waals surface area (Å²) >= 11 is 0. The van der Waals surface area contributed by atoms with Gasteiger partial charge in [-0.2, -0.15) is 0 Å². The number of hydrogen-bond acceptors (Lipinski definition) is 25. The maximum Gasteiger partial charge on any atom is 0.410 e. The molecule has 0 radical (unpaired) electrons. The number of nitrogens with one attached hydrogen (secondary N) is 1. The molecule has 746 valence electrons. The summed E-state index contributed by atoms with van der Waals surface area (Å²) in [5.74, 6) is -3.46. The Balaban J connectivity index is 0.000000310. The standard InChI is InChI=1S/C51H78N6O9.C38H53NO7.C13H25N5O3.CH4/c1-13-42(58)51(11)44(57(48(60)66-51)27-21-20-26-54-55-52)38(7)53-30-33(2)29-50(10,61-12)45(36(5)43-37(6)46(59)65-49(8,9)64-43)63-47-35(4)41(28-34(3)62-47)56(31-39-22-16-14-17-23-39)32-40-24-18-15-19-25-40;1-25(24-40)21-38(8,42-9)34(28(4)33-29(5)35(41)46-37(6,7)45-33)44-36-27(3)32(20-26(2)43-36)39(22-30-16-12-10-13-17-30)23-31-18-14-11-15-19-31;1-4-10(19)13(3)11(9(2)14)18(12(20)21-13)8-6-5-7-16-17-15;/h14-19,22-25,33-36,38,41-42,44-45,47,53,58H,13,20-21,26-32H2,1-12H3;10-19,24-28,32,34,36H,20-23H2,1-9H3;9-11,19H,4-8,14H2,1-3H3;1H4/t33-,34-,35?,36+,38-,41?,42-,44-,45-,47+,50-,51-;25-,26-,27?,28+,32?,34-,36+,38-;9-,10-,11-,13-;/m111./s1. The molecule has 4 unspecified atom stereocenters. The molecule has 10 rings (SSSR count). The molecule has 24 atom stereocenters. The molecule has 6 heterocycles. The van der Waals surface area contributed by atoms with Crippen LogP contribution in [0.1, 0.15) is 246 Å². The van der Waals surface area contributed by atoms with Crippen LogP contribution in [0.25, 0.3) is 20.9 Å². The number of unbranched alkanes of at least 4 members (excludes halogenated alkanes) is 2. The highest BCUT2D eigenvalue weighted by Gasteiger charge is 2.59. The summed E-state index contributed by atoms with van der Waals surface area (Å²) in [7, 11) is 3.34. The molecular formula is C103H160N12O19. The molecule has 4 saturated heterocycles. The minimum absolute atomic E-state index is 0. The van der Waals surface area contributed by atoms with Gasteiger partial charge < -0.3 is 82.9 Å². The van der Waals surface area contributed by atoms with Crippen molar-refractivity contribution in [3.63, 3.8) is 0 Å². The second-order valence-electron chi connectivity index (χ2n) is 39.4. The van der Waals surface area contributed by atoms with Crippen LogP contribution in [0.15, 0.2) is 154 Å². The van der Waals surface area contributed by atoms with Crippen LogP contribution in [0.2, 0.25) is 0 Å². The van der Waals surface area contributed by atoms with Gasteiger partial charge in [-0.3, -0.25) is 19.6 Å². The first-order chi connectivity index (χ1) is 62.9. The third kappa shape index (κ3) is 29.4. The highest BCUT2D eigenvalue weighted by atomic mass is 16.7. The molecule has 4 aromatic rings. The van der Waals surface area contributed by atoms with Gasteiger partial charge in [-0.25, -0.2) is 19.2 Å². The molecule has 0 spiro atoms. The van der Waals surface area contributed by atoms with Gasteiger partial charge in [0.05, 0.1) is 71.1 Å². The van der Waals surface area contributed by atoms with Crippen LogP contribution in [0.3, 0.4) is 0 Å². The number of aliphatic hydroxyl groups is 2. The number of azide groups is 2. The van der Waals surface area contributed by atoms with Gasteiger partial charge in [0.15, 0.2) is 23.8 Å². The van der Waals surface area contributed by atoms with E-state index in [1.54, 1.807) is 86.3 Å². The van der Waals surface area contributed by atoms with E-state index in [1.165, 1.54) is 22.3 Å². The van der Waals surface area contributed by atoms with Crippen LogP contribution < -0.4 is 11.1 Å². The minimum Gasteiger partial charge on any atom is -0.456 e. The first-order valence-electron chi connectivity index (χ1n) is 47.8. The van der Waals surface area contributed by atoms with Gasteiger partial charge in [0.25, 0.3) is 0 Å². The summed E-state index contributed by atoms with van der Waals surface area (Å²) in [4.78, 5) is 77.4. The summed E-state index contributed by atoms with van der Waals surface area (Å²) in [5, 5.41) is 32.2. The largest absolute Gasteiger partial charge is 0.456 e. The average Bonchev–Trinajstić information content (AvgIpc) is 1.61. The molecule has 6 aliphatic rings. The Hall–Kier alpha value is -8.75. The highest BCUT2D eigenvalue weighted by molar-refractivity contribution is 5.90. The number of nitrogens with two attached hydrogens (primary N) is 1. The summed E-state index contributed by atoms with van der Waals surface area (Å²) in [6.07, 6.45) is 1.81. The number of nitrogens with zero attached hydrogens (tertiary/aromatic N) is 10. The van der Waals surface area contributed by atoms with Gasteiger partial charge in [-0.05, 0) is 179 Å². The molecule has 0 bridgehead atoms. The quantitative estimate of drug-likeness (QED) is 0.00607. The van der Waals surface area contributed by atoms with Gasteiger partial charge in [-0.15, -0.1) is 0 Å². The number of hydrogen-bond donors (Lipinski definition) is 4. The minimum atomic E-state index is -1.19. The fraction of sp³-hybridized carbons (Fsp3) is 0.680. The Morgan fingerprint density at radius 2 is 0.896 bits per heavy atom. The third-order valence-electron chi connectivity index (χ3n) is 27.4. The molecule has 31 heteroatoms. The van der Waals surface area contributed by atoms with E-state index in [0.717, 1.165) is 45.3 Å². The molecule has 5 N–H and O–H groups in total. The molecule has 4 fully saturated rings. The van der Waals surface area contributed by atoms with Gasteiger partial charge in [0.1, 0.15) is 17.8 Å². The Kier molecular flexibility index (Phi) is 42.8. The number of benzene rings is 4. The fourth-order valence-corrected chi connectivity index (χ4v) is 20.4. The van der Waals surface area contributed by atoms with Crippen molar-refractivity contribution in [2.45, 2.75) is 370 Å². The van der Waals surface area contributed by atoms with Crippen LogP contribution in [-0.4, -0.2) is 227 Å². The predicted molar refractivity (Wildman–Crippen MR) is 516 cm³/mol. The number of rotatable bonds is 46. The summed E-state index contributed by atoms with van der Waals surface area (Å²) in [5.41, 5.74) is 24.7. The molecular weight excluding hydrogens is 1710 g/mol. The predicted octanol–water partition coefficient (Wildman–Crippen LogP) is 18.8. The lowest BCUT2D eigenvalue weighted by atomic mass is 9.80. The van der Waals surface area contributed by atoms with Crippen molar-refractivity contribution in [2.24, 2.45) is 51.5 Å². The second-order valence-corrected chi connectivity index (χ2v) is 39.4. The van der Waals surface area contributed by atoms with Crippen LogP contribution in [0, 0.1) is 35.5 Å². The molecule has 0 saturated carbocycles. The Morgan fingerprint density at radius 3 is 1.22 bits per heavy atom. The average molecular weight is 1870 g/mol. The van der Waals surface area contributed by atoms with Crippen molar-refractivity contribution in [2.75, 3.05) is 46.9 Å². The Bertz CT molecular complexity index is 4430. The van der Waals surface area contributed by atoms with E-state index in [2.05, 4.69) is 174 Å². The van der Waals surface area contributed by atoms with E-state index in [9.17, 15) is 34.2 Å². The smallest absolute Gasteiger partial charge is 0.410 e.